The molecule has 0 aromatic heterocycles. The Balaban J connectivity index is 2.19. The van der Waals surface area contributed by atoms with Gasteiger partial charge in [0.05, 0.1) is 7.11 Å². The Morgan fingerprint density at radius 3 is 2.92 bits per heavy atom. The minimum Gasteiger partial charge on any atom is -0.468 e. The Morgan fingerprint density at radius 1 is 1.75 bits per heavy atom. The van der Waals surface area contributed by atoms with E-state index in [-0.39, 0.29) is 12.5 Å². The van der Waals surface area contributed by atoms with Crippen molar-refractivity contribution in [1.82, 2.24) is 5.32 Å². The summed E-state index contributed by atoms with van der Waals surface area (Å²) in [5.74, 6) is -0.0570. The molecule has 0 radical (unpaired) electrons. The van der Waals surface area contributed by atoms with Crippen molar-refractivity contribution >= 4 is 11.9 Å². The largest absolute Gasteiger partial charge is 0.468 e. The maximum atomic E-state index is 10.6. The summed E-state index contributed by atoms with van der Waals surface area (Å²) in [5, 5.41) is 2.95. The summed E-state index contributed by atoms with van der Waals surface area (Å²) in [6.45, 7) is -0.0119. The first-order valence-corrected chi connectivity index (χ1v) is 3.85. The summed E-state index contributed by atoms with van der Waals surface area (Å²) in [6.07, 6.45) is 2.27. The summed E-state index contributed by atoms with van der Waals surface area (Å²) < 4.78 is 4.39. The Morgan fingerprint density at radius 2 is 2.42 bits per heavy atom. The highest BCUT2D eigenvalue weighted by molar-refractivity contribution is 5.81. The van der Waals surface area contributed by atoms with Crippen molar-refractivity contribution in [3.63, 3.8) is 0 Å². The number of nitrogens with one attached hydrogen (secondary N) is 1. The van der Waals surface area contributed by atoms with Gasteiger partial charge < -0.3 is 15.8 Å². The number of guanidine groups is 1. The molecule has 0 heterocycles. The van der Waals surface area contributed by atoms with E-state index in [0.29, 0.717) is 12.0 Å². The highest BCUT2D eigenvalue weighted by Gasteiger charge is 2.21. The van der Waals surface area contributed by atoms with Crippen LogP contribution in [-0.4, -0.2) is 31.6 Å². The quantitative estimate of drug-likeness (QED) is 0.332. The zero-order chi connectivity index (χ0) is 8.97. The van der Waals surface area contributed by atoms with E-state index in [1.165, 1.54) is 7.11 Å². The smallest absolute Gasteiger partial charge is 0.327 e. The SMILES string of the molecule is COC(=O)CN=C(N)NC1CC1. The topological polar surface area (TPSA) is 76.7 Å². The maximum Gasteiger partial charge on any atom is 0.327 e. The van der Waals surface area contributed by atoms with Crippen molar-refractivity contribution in [3.8, 4) is 0 Å². The van der Waals surface area contributed by atoms with E-state index in [9.17, 15) is 4.79 Å². The van der Waals surface area contributed by atoms with Crippen LogP contribution >= 0.6 is 0 Å². The van der Waals surface area contributed by atoms with Gasteiger partial charge in [-0.25, -0.2) is 4.99 Å². The molecule has 68 valence electrons. The normalized spacial score (nSPS) is 17.2. The van der Waals surface area contributed by atoms with Crippen LogP contribution in [0.1, 0.15) is 12.8 Å². The van der Waals surface area contributed by atoms with Gasteiger partial charge in [-0.2, -0.15) is 0 Å². The van der Waals surface area contributed by atoms with Gasteiger partial charge in [0.25, 0.3) is 0 Å². The van der Waals surface area contributed by atoms with Crippen LogP contribution in [0.15, 0.2) is 4.99 Å². The lowest BCUT2D eigenvalue weighted by molar-refractivity contribution is -0.138. The van der Waals surface area contributed by atoms with Gasteiger partial charge in [-0.15, -0.1) is 0 Å². The number of esters is 1. The Labute approximate surface area is 71.0 Å². The number of hydrogen-bond acceptors (Lipinski definition) is 3. The molecular formula is C7H13N3O2. The van der Waals surface area contributed by atoms with Crippen LogP contribution in [0.2, 0.25) is 0 Å². The lowest BCUT2D eigenvalue weighted by Gasteiger charge is -2.01. The Kier molecular flexibility index (Phi) is 2.90. The number of rotatable bonds is 3. The molecule has 1 fully saturated rings. The fourth-order valence-electron chi connectivity index (χ4n) is 0.697. The first kappa shape index (κ1) is 8.83. The van der Waals surface area contributed by atoms with Crippen LogP contribution in [-0.2, 0) is 9.53 Å². The van der Waals surface area contributed by atoms with Gasteiger partial charge in [0, 0.05) is 6.04 Å². The molecule has 0 aromatic rings. The van der Waals surface area contributed by atoms with Crippen molar-refractivity contribution < 1.29 is 9.53 Å². The second-order valence-electron chi connectivity index (χ2n) is 2.70. The van der Waals surface area contributed by atoms with Crippen molar-refractivity contribution in [2.75, 3.05) is 13.7 Å². The standard InChI is InChI=1S/C7H13N3O2/c1-12-6(11)4-9-7(8)10-5-2-3-5/h5H,2-4H2,1H3,(H3,8,9,10). The van der Waals surface area contributed by atoms with E-state index in [4.69, 9.17) is 5.73 Å². The second kappa shape index (κ2) is 3.94. The molecule has 1 aliphatic carbocycles. The van der Waals surface area contributed by atoms with Crippen LogP contribution in [0, 0.1) is 0 Å². The third kappa shape index (κ3) is 3.23. The molecule has 0 saturated heterocycles. The third-order valence-corrected chi connectivity index (χ3v) is 1.54. The highest BCUT2D eigenvalue weighted by atomic mass is 16.5. The molecule has 1 saturated carbocycles. The van der Waals surface area contributed by atoms with E-state index < -0.39 is 0 Å². The predicted molar refractivity (Wildman–Crippen MR) is 44.7 cm³/mol. The zero-order valence-electron chi connectivity index (χ0n) is 7.04. The molecule has 12 heavy (non-hydrogen) atoms. The number of aliphatic imine (C=N–C) groups is 1. The Hall–Kier alpha value is -1.26. The second-order valence-corrected chi connectivity index (χ2v) is 2.70. The van der Waals surface area contributed by atoms with Crippen LogP contribution < -0.4 is 11.1 Å². The van der Waals surface area contributed by atoms with Crippen molar-refractivity contribution in [2.24, 2.45) is 10.7 Å². The van der Waals surface area contributed by atoms with E-state index in [0.717, 1.165) is 12.8 Å². The molecule has 0 aliphatic heterocycles. The lowest BCUT2D eigenvalue weighted by atomic mass is 10.6. The molecule has 1 rings (SSSR count). The first-order chi connectivity index (χ1) is 5.72. The number of carbonyl (C=O) groups excluding carboxylic acids is 1. The molecular weight excluding hydrogens is 158 g/mol. The van der Waals surface area contributed by atoms with Gasteiger partial charge in [0.2, 0.25) is 0 Å². The number of methoxy groups -OCH3 is 1. The van der Waals surface area contributed by atoms with Crippen molar-refractivity contribution in [1.29, 1.82) is 0 Å². The number of nitrogens with two attached hydrogens (primary N) is 1. The van der Waals surface area contributed by atoms with E-state index in [1.54, 1.807) is 0 Å². The maximum absolute atomic E-state index is 10.6. The van der Waals surface area contributed by atoms with Crippen molar-refractivity contribution in [3.05, 3.63) is 0 Å². The fraction of sp³-hybridized carbons (Fsp3) is 0.714. The molecule has 0 aromatic carbocycles. The number of ether oxygens (including phenoxy) is 1. The third-order valence-electron chi connectivity index (χ3n) is 1.54. The summed E-state index contributed by atoms with van der Waals surface area (Å²) in [4.78, 5) is 14.4. The number of hydrogen-bond donors (Lipinski definition) is 2. The minimum atomic E-state index is -0.379. The molecule has 0 spiro atoms. The Bertz CT molecular complexity index is 199. The van der Waals surface area contributed by atoms with Gasteiger partial charge in [-0.3, -0.25) is 4.79 Å². The van der Waals surface area contributed by atoms with Crippen LogP contribution in [0.3, 0.4) is 0 Å². The predicted octanol–water partition coefficient (Wildman–Crippen LogP) is -0.774. The molecule has 0 bridgehead atoms. The van der Waals surface area contributed by atoms with Gasteiger partial charge in [-0.1, -0.05) is 0 Å². The number of nitrogens with zero attached hydrogens (tertiary/aromatic N) is 1. The van der Waals surface area contributed by atoms with Gasteiger partial charge in [0.1, 0.15) is 6.54 Å². The summed E-state index contributed by atoms with van der Waals surface area (Å²) in [6, 6.07) is 0.464. The molecule has 5 heteroatoms. The fourth-order valence-corrected chi connectivity index (χ4v) is 0.697. The summed E-state index contributed by atoms with van der Waals surface area (Å²) >= 11 is 0. The average molecular weight is 171 g/mol. The molecule has 0 unspecified atom stereocenters. The van der Waals surface area contributed by atoms with Crippen LogP contribution in [0.5, 0.6) is 0 Å². The van der Waals surface area contributed by atoms with E-state index in [2.05, 4.69) is 15.0 Å². The summed E-state index contributed by atoms with van der Waals surface area (Å²) in [5.41, 5.74) is 5.45. The lowest BCUT2D eigenvalue weighted by Crippen LogP contribution is -2.33. The first-order valence-electron chi connectivity index (χ1n) is 3.85. The minimum absolute atomic E-state index is 0.0119. The van der Waals surface area contributed by atoms with Crippen molar-refractivity contribution in [2.45, 2.75) is 18.9 Å². The monoisotopic (exact) mass is 171 g/mol. The van der Waals surface area contributed by atoms with Gasteiger partial charge >= 0.3 is 5.97 Å². The molecule has 5 nitrogen and oxygen atoms in total. The summed E-state index contributed by atoms with van der Waals surface area (Å²) in [7, 11) is 1.32. The highest BCUT2D eigenvalue weighted by Crippen LogP contribution is 2.17. The van der Waals surface area contributed by atoms with Gasteiger partial charge in [0.15, 0.2) is 5.96 Å². The van der Waals surface area contributed by atoms with Crippen LogP contribution in [0.4, 0.5) is 0 Å². The molecule has 0 atom stereocenters. The van der Waals surface area contributed by atoms with Crippen LogP contribution in [0.25, 0.3) is 0 Å². The number of carbonyl (C=O) groups is 1. The molecule has 3 N–H and O–H groups in total. The average Bonchev–Trinajstić information content (AvgIpc) is 2.84. The zero-order valence-corrected chi connectivity index (χ0v) is 7.04. The van der Waals surface area contributed by atoms with Gasteiger partial charge in [-0.05, 0) is 12.8 Å². The van der Waals surface area contributed by atoms with E-state index >= 15 is 0 Å². The molecule has 1 aliphatic rings. The van der Waals surface area contributed by atoms with E-state index in [1.807, 2.05) is 0 Å². The molecule has 0 amide bonds.